The summed E-state index contributed by atoms with van der Waals surface area (Å²) in [6.45, 7) is 0.621. The van der Waals surface area contributed by atoms with Gasteiger partial charge in [0.1, 0.15) is 6.04 Å². The Morgan fingerprint density at radius 3 is 3.22 bits per heavy atom. The minimum atomic E-state index is -0.381. The highest BCUT2D eigenvalue weighted by Gasteiger charge is 2.22. The molecule has 2 N–H and O–H groups in total. The maximum atomic E-state index is 11.9. The molecule has 98 valence electrons. The molecule has 1 aliphatic rings. The van der Waals surface area contributed by atoms with Gasteiger partial charge in [0, 0.05) is 29.3 Å². The summed E-state index contributed by atoms with van der Waals surface area (Å²) in [5.41, 5.74) is 0. The molecule has 0 spiro atoms. The topological polar surface area (TPSA) is 58.2 Å². The van der Waals surface area contributed by atoms with E-state index in [2.05, 4.69) is 16.7 Å². The number of hydrogen-bond donors (Lipinski definition) is 2. The van der Waals surface area contributed by atoms with E-state index in [-0.39, 0.29) is 17.9 Å². The van der Waals surface area contributed by atoms with Gasteiger partial charge in [-0.3, -0.25) is 9.59 Å². The van der Waals surface area contributed by atoms with Crippen LogP contribution < -0.4 is 10.6 Å². The standard InChI is InChI=1S/C12H16N2O2S2/c15-11-4-7-17-8-10(14-11)12(16)13-5-3-9-2-1-6-18-9/h1-2,6,10H,3-5,7-8H2,(H,13,16)(H,14,15)/t10-/m1/s1. The van der Waals surface area contributed by atoms with E-state index >= 15 is 0 Å². The van der Waals surface area contributed by atoms with E-state index < -0.39 is 0 Å². The van der Waals surface area contributed by atoms with E-state index in [1.165, 1.54) is 4.88 Å². The van der Waals surface area contributed by atoms with Crippen molar-refractivity contribution in [3.63, 3.8) is 0 Å². The molecule has 1 aromatic heterocycles. The lowest BCUT2D eigenvalue weighted by molar-refractivity contribution is -0.128. The smallest absolute Gasteiger partial charge is 0.243 e. The van der Waals surface area contributed by atoms with Crippen molar-refractivity contribution in [2.24, 2.45) is 0 Å². The summed E-state index contributed by atoms with van der Waals surface area (Å²) in [5, 5.41) is 7.66. The average Bonchev–Trinajstić information content (AvgIpc) is 2.77. The molecule has 4 nitrogen and oxygen atoms in total. The van der Waals surface area contributed by atoms with Gasteiger partial charge in [0.25, 0.3) is 0 Å². The lowest BCUT2D eigenvalue weighted by atomic mass is 10.2. The Bertz CT molecular complexity index is 406. The van der Waals surface area contributed by atoms with Crippen LogP contribution in [0.5, 0.6) is 0 Å². The first-order valence-electron chi connectivity index (χ1n) is 5.93. The first-order chi connectivity index (χ1) is 8.75. The van der Waals surface area contributed by atoms with Crippen molar-refractivity contribution in [3.8, 4) is 0 Å². The summed E-state index contributed by atoms with van der Waals surface area (Å²) in [6, 6.07) is 3.68. The van der Waals surface area contributed by atoms with E-state index in [0.717, 1.165) is 12.2 Å². The van der Waals surface area contributed by atoms with Crippen LogP contribution in [0.25, 0.3) is 0 Å². The van der Waals surface area contributed by atoms with E-state index in [0.29, 0.717) is 18.7 Å². The van der Waals surface area contributed by atoms with Crippen LogP contribution >= 0.6 is 23.1 Å². The van der Waals surface area contributed by atoms with Crippen molar-refractivity contribution in [1.82, 2.24) is 10.6 Å². The van der Waals surface area contributed by atoms with Gasteiger partial charge in [0.2, 0.25) is 11.8 Å². The molecule has 0 saturated carbocycles. The average molecular weight is 284 g/mol. The van der Waals surface area contributed by atoms with E-state index in [9.17, 15) is 9.59 Å². The number of hydrogen-bond acceptors (Lipinski definition) is 4. The summed E-state index contributed by atoms with van der Waals surface area (Å²) in [7, 11) is 0. The lowest BCUT2D eigenvalue weighted by Gasteiger charge is -2.14. The highest BCUT2D eigenvalue weighted by atomic mass is 32.2. The van der Waals surface area contributed by atoms with E-state index in [1.54, 1.807) is 23.1 Å². The third kappa shape index (κ3) is 4.03. The molecule has 1 saturated heterocycles. The predicted octanol–water partition coefficient (Wildman–Crippen LogP) is 1.03. The Morgan fingerprint density at radius 2 is 2.44 bits per heavy atom. The van der Waals surface area contributed by atoms with Gasteiger partial charge >= 0.3 is 0 Å². The van der Waals surface area contributed by atoms with Crippen LogP contribution in [0.3, 0.4) is 0 Å². The van der Waals surface area contributed by atoms with Gasteiger partial charge in [0.15, 0.2) is 0 Å². The third-order valence-corrected chi connectivity index (χ3v) is 4.66. The Morgan fingerprint density at radius 1 is 1.56 bits per heavy atom. The number of carbonyl (C=O) groups excluding carboxylic acids is 2. The first-order valence-corrected chi connectivity index (χ1v) is 7.96. The van der Waals surface area contributed by atoms with Gasteiger partial charge in [-0.2, -0.15) is 11.8 Å². The number of amides is 2. The molecule has 0 aromatic carbocycles. The second-order valence-corrected chi connectivity index (χ2v) is 6.25. The van der Waals surface area contributed by atoms with Gasteiger partial charge < -0.3 is 10.6 Å². The number of thiophene rings is 1. The highest BCUT2D eigenvalue weighted by molar-refractivity contribution is 7.99. The molecule has 1 aromatic rings. The second kappa shape index (κ2) is 6.80. The molecule has 0 unspecified atom stereocenters. The van der Waals surface area contributed by atoms with Crippen LogP contribution in [-0.4, -0.2) is 35.9 Å². The SMILES string of the molecule is O=C1CCSC[C@H](C(=O)NCCc2cccs2)N1. The lowest BCUT2D eigenvalue weighted by Crippen LogP contribution is -2.47. The van der Waals surface area contributed by atoms with Crippen LogP contribution in [0.1, 0.15) is 11.3 Å². The van der Waals surface area contributed by atoms with Gasteiger partial charge in [-0.05, 0) is 17.9 Å². The monoisotopic (exact) mass is 284 g/mol. The summed E-state index contributed by atoms with van der Waals surface area (Å²) in [4.78, 5) is 24.5. The molecule has 6 heteroatoms. The third-order valence-electron chi connectivity index (χ3n) is 2.66. The zero-order valence-electron chi connectivity index (χ0n) is 9.98. The largest absolute Gasteiger partial charge is 0.354 e. The van der Waals surface area contributed by atoms with Crippen molar-refractivity contribution in [3.05, 3.63) is 22.4 Å². The fourth-order valence-corrected chi connectivity index (χ4v) is 3.38. The van der Waals surface area contributed by atoms with E-state index in [1.807, 2.05) is 11.4 Å². The Hall–Kier alpha value is -1.01. The molecule has 1 atom stereocenters. The zero-order chi connectivity index (χ0) is 12.8. The molecule has 2 heterocycles. The number of nitrogens with one attached hydrogen (secondary N) is 2. The van der Waals surface area contributed by atoms with Crippen molar-refractivity contribution in [2.75, 3.05) is 18.1 Å². The van der Waals surface area contributed by atoms with Gasteiger partial charge in [0.05, 0.1) is 0 Å². The van der Waals surface area contributed by atoms with Crippen LogP contribution in [0.4, 0.5) is 0 Å². The fraction of sp³-hybridized carbons (Fsp3) is 0.500. The molecule has 2 rings (SSSR count). The minimum Gasteiger partial charge on any atom is -0.354 e. The molecular formula is C12H16N2O2S2. The normalized spacial score (nSPS) is 20.0. The maximum Gasteiger partial charge on any atom is 0.243 e. The Labute approximate surface area is 115 Å². The Balaban J connectivity index is 1.74. The quantitative estimate of drug-likeness (QED) is 0.868. The van der Waals surface area contributed by atoms with E-state index in [4.69, 9.17) is 0 Å². The molecule has 1 aliphatic heterocycles. The molecule has 0 aliphatic carbocycles. The number of rotatable bonds is 4. The van der Waals surface area contributed by atoms with Crippen LogP contribution in [0.15, 0.2) is 17.5 Å². The molecule has 0 bridgehead atoms. The molecular weight excluding hydrogens is 268 g/mol. The summed E-state index contributed by atoms with van der Waals surface area (Å²) >= 11 is 3.33. The van der Waals surface area contributed by atoms with Crippen molar-refractivity contribution in [2.45, 2.75) is 18.9 Å². The summed E-state index contributed by atoms with van der Waals surface area (Å²) < 4.78 is 0. The molecule has 0 radical (unpaired) electrons. The van der Waals surface area contributed by atoms with Gasteiger partial charge in [-0.15, -0.1) is 11.3 Å². The number of carbonyl (C=O) groups is 2. The fourth-order valence-electron chi connectivity index (χ4n) is 1.70. The second-order valence-electron chi connectivity index (χ2n) is 4.07. The van der Waals surface area contributed by atoms with Crippen LogP contribution in [0.2, 0.25) is 0 Å². The van der Waals surface area contributed by atoms with Crippen molar-refractivity contribution >= 4 is 34.9 Å². The molecule has 18 heavy (non-hydrogen) atoms. The van der Waals surface area contributed by atoms with Crippen LogP contribution in [0, 0.1) is 0 Å². The summed E-state index contributed by atoms with van der Waals surface area (Å²) in [5.74, 6) is 1.36. The molecule has 2 amide bonds. The van der Waals surface area contributed by atoms with Gasteiger partial charge in [-0.1, -0.05) is 6.07 Å². The highest BCUT2D eigenvalue weighted by Crippen LogP contribution is 2.10. The minimum absolute atomic E-state index is 0.0293. The van der Waals surface area contributed by atoms with Crippen molar-refractivity contribution < 1.29 is 9.59 Å². The maximum absolute atomic E-state index is 11.9. The zero-order valence-corrected chi connectivity index (χ0v) is 11.6. The van der Waals surface area contributed by atoms with Crippen molar-refractivity contribution in [1.29, 1.82) is 0 Å². The first kappa shape index (κ1) is 13.4. The van der Waals surface area contributed by atoms with Gasteiger partial charge in [-0.25, -0.2) is 0 Å². The molecule has 1 fully saturated rings. The summed E-state index contributed by atoms with van der Waals surface area (Å²) in [6.07, 6.45) is 1.35. The Kier molecular flexibility index (Phi) is 5.07. The number of thioether (sulfide) groups is 1. The van der Waals surface area contributed by atoms with Crippen LogP contribution in [-0.2, 0) is 16.0 Å². The predicted molar refractivity (Wildman–Crippen MR) is 74.9 cm³/mol.